The predicted molar refractivity (Wildman–Crippen MR) is 146 cm³/mol. The van der Waals surface area contributed by atoms with E-state index in [0.717, 1.165) is 37.1 Å². The summed E-state index contributed by atoms with van der Waals surface area (Å²) < 4.78 is 23.7. The number of nitrogens with zero attached hydrogens (tertiary/aromatic N) is 3. The second-order valence-electron chi connectivity index (χ2n) is 11.1. The SMILES string of the molecule is Cc1ccc(Cc2c(C(=O)COCC3CC3)cc3c(ncn3CCCCN3CCCCC3)c2F)c(C)c1. The summed E-state index contributed by atoms with van der Waals surface area (Å²) >= 11 is 0. The summed E-state index contributed by atoms with van der Waals surface area (Å²) in [6, 6.07) is 8.03. The van der Waals surface area contributed by atoms with E-state index in [0.29, 0.717) is 41.1 Å². The van der Waals surface area contributed by atoms with Crippen LogP contribution in [0.3, 0.4) is 0 Å². The number of likely N-dealkylation sites (tertiary alicyclic amines) is 1. The van der Waals surface area contributed by atoms with Crippen molar-refractivity contribution in [1.29, 1.82) is 0 Å². The molecule has 2 fully saturated rings. The minimum Gasteiger partial charge on any atom is -0.373 e. The van der Waals surface area contributed by atoms with Crippen molar-refractivity contribution in [2.75, 3.05) is 32.8 Å². The van der Waals surface area contributed by atoms with Crippen molar-refractivity contribution in [1.82, 2.24) is 14.5 Å². The number of carbonyl (C=O) groups excluding carboxylic acids is 1. The van der Waals surface area contributed by atoms with Gasteiger partial charge in [0, 0.05) is 24.1 Å². The molecule has 0 amide bonds. The lowest BCUT2D eigenvalue weighted by atomic mass is 9.93. The van der Waals surface area contributed by atoms with Crippen molar-refractivity contribution >= 4 is 16.8 Å². The van der Waals surface area contributed by atoms with Crippen molar-refractivity contribution in [3.63, 3.8) is 0 Å². The lowest BCUT2D eigenvalue weighted by molar-refractivity contribution is 0.0738. The first-order valence-corrected chi connectivity index (χ1v) is 14.0. The average molecular weight is 506 g/mol. The van der Waals surface area contributed by atoms with Crippen molar-refractivity contribution < 1.29 is 13.9 Å². The number of hydrogen-bond donors (Lipinski definition) is 0. The Kier molecular flexibility index (Phi) is 8.36. The molecule has 0 unspecified atom stereocenters. The standard InChI is InChI=1S/C31H40FN3O2/c1-22-8-11-25(23(2)16-22)17-27-26(29(36)20-37-19-24-9-10-24)18-28-31(30(27)32)33-21-35(28)15-7-6-14-34-12-4-3-5-13-34/h8,11,16,18,21,24H,3-7,9-10,12-15,17,19-20H2,1-2H3. The first kappa shape index (κ1) is 26.1. The van der Waals surface area contributed by atoms with E-state index in [1.165, 1.54) is 50.8 Å². The fraction of sp³-hybridized carbons (Fsp3) is 0.548. The normalized spacial score (nSPS) is 16.5. The molecule has 6 heteroatoms. The molecule has 0 N–H and O–H groups in total. The van der Waals surface area contributed by atoms with Gasteiger partial charge in [-0.3, -0.25) is 4.79 Å². The van der Waals surface area contributed by atoms with Gasteiger partial charge in [0.15, 0.2) is 11.6 Å². The van der Waals surface area contributed by atoms with Gasteiger partial charge in [-0.05, 0) is 95.1 Å². The van der Waals surface area contributed by atoms with Crippen LogP contribution in [0.5, 0.6) is 0 Å². The maximum atomic E-state index is 16.0. The Hall–Kier alpha value is -2.57. The van der Waals surface area contributed by atoms with Gasteiger partial charge in [-0.2, -0.15) is 0 Å². The number of Topliss-reactive ketones (excluding diaryl/α,β-unsaturated/α-hetero) is 1. The number of carbonyl (C=O) groups is 1. The number of rotatable bonds is 12. The molecule has 5 rings (SSSR count). The molecule has 3 aromatic rings. The summed E-state index contributed by atoms with van der Waals surface area (Å²) in [5.41, 5.74) is 5.19. The van der Waals surface area contributed by atoms with Crippen LogP contribution in [-0.2, 0) is 17.7 Å². The van der Waals surface area contributed by atoms with Crippen LogP contribution in [0.25, 0.3) is 11.0 Å². The molecule has 1 aliphatic carbocycles. The number of unbranched alkanes of at least 4 members (excludes halogenated alkanes) is 1. The second-order valence-corrected chi connectivity index (χ2v) is 11.1. The van der Waals surface area contributed by atoms with E-state index in [1.54, 1.807) is 6.33 Å². The van der Waals surface area contributed by atoms with Gasteiger partial charge >= 0.3 is 0 Å². The van der Waals surface area contributed by atoms with E-state index in [-0.39, 0.29) is 18.2 Å². The summed E-state index contributed by atoms with van der Waals surface area (Å²) in [6.07, 6.45) is 10.5. The molecule has 5 nitrogen and oxygen atoms in total. The summed E-state index contributed by atoms with van der Waals surface area (Å²) in [4.78, 5) is 20.3. The molecule has 2 aromatic carbocycles. The third kappa shape index (κ3) is 6.47. The molecule has 0 radical (unpaired) electrons. The van der Waals surface area contributed by atoms with Gasteiger partial charge in [-0.25, -0.2) is 9.37 Å². The van der Waals surface area contributed by atoms with Gasteiger partial charge in [0.25, 0.3) is 0 Å². The van der Waals surface area contributed by atoms with Crippen LogP contribution < -0.4 is 0 Å². The molecule has 1 aliphatic heterocycles. The van der Waals surface area contributed by atoms with Crippen molar-refractivity contribution in [2.24, 2.45) is 5.92 Å². The van der Waals surface area contributed by atoms with Gasteiger partial charge in [0.1, 0.15) is 12.1 Å². The van der Waals surface area contributed by atoms with Crippen molar-refractivity contribution in [2.45, 2.75) is 71.8 Å². The highest BCUT2D eigenvalue weighted by Gasteiger charge is 2.24. The Labute approximate surface area is 220 Å². The van der Waals surface area contributed by atoms with Crippen LogP contribution in [0.2, 0.25) is 0 Å². The summed E-state index contributed by atoms with van der Waals surface area (Å²) in [6.45, 7) is 8.98. The van der Waals surface area contributed by atoms with Crippen LogP contribution >= 0.6 is 0 Å². The van der Waals surface area contributed by atoms with Crippen LogP contribution in [0.1, 0.15) is 77.6 Å². The number of piperidine rings is 1. The second kappa shape index (κ2) is 11.9. The van der Waals surface area contributed by atoms with E-state index in [9.17, 15) is 4.79 Å². The first-order valence-electron chi connectivity index (χ1n) is 14.0. The number of hydrogen-bond acceptors (Lipinski definition) is 4. The third-order valence-corrected chi connectivity index (χ3v) is 7.98. The van der Waals surface area contributed by atoms with Crippen LogP contribution in [0.15, 0.2) is 30.6 Å². The van der Waals surface area contributed by atoms with Gasteiger partial charge in [-0.15, -0.1) is 0 Å². The lowest BCUT2D eigenvalue weighted by Crippen LogP contribution is -2.30. The smallest absolute Gasteiger partial charge is 0.188 e. The molecule has 0 spiro atoms. The van der Waals surface area contributed by atoms with Crippen LogP contribution in [-0.4, -0.2) is 53.1 Å². The molecule has 2 heterocycles. The Morgan fingerprint density at radius 3 is 2.62 bits per heavy atom. The van der Waals surface area contributed by atoms with Crippen LogP contribution in [0, 0.1) is 25.6 Å². The maximum Gasteiger partial charge on any atom is 0.188 e. The van der Waals surface area contributed by atoms with Crippen molar-refractivity contribution in [3.05, 3.63) is 64.2 Å². The van der Waals surface area contributed by atoms with Gasteiger partial charge in [0.2, 0.25) is 0 Å². The topological polar surface area (TPSA) is 47.4 Å². The Morgan fingerprint density at radius 2 is 1.86 bits per heavy atom. The molecule has 198 valence electrons. The Morgan fingerprint density at radius 1 is 1.08 bits per heavy atom. The van der Waals surface area contributed by atoms with Gasteiger partial charge in [0.05, 0.1) is 18.5 Å². The molecule has 2 aliphatic rings. The molecule has 0 atom stereocenters. The quantitative estimate of drug-likeness (QED) is 0.215. The van der Waals surface area contributed by atoms with E-state index in [1.807, 2.05) is 29.7 Å². The Balaban J connectivity index is 1.37. The highest BCUT2D eigenvalue weighted by atomic mass is 19.1. The average Bonchev–Trinajstić information content (AvgIpc) is 3.63. The minimum absolute atomic E-state index is 0.00863. The highest BCUT2D eigenvalue weighted by Crippen LogP contribution is 2.30. The fourth-order valence-corrected chi connectivity index (χ4v) is 5.51. The molecule has 37 heavy (non-hydrogen) atoms. The van der Waals surface area contributed by atoms with Gasteiger partial charge < -0.3 is 14.2 Å². The molecule has 1 saturated heterocycles. The zero-order valence-electron chi connectivity index (χ0n) is 22.4. The highest BCUT2D eigenvalue weighted by molar-refractivity contribution is 6.01. The van der Waals surface area contributed by atoms with E-state index in [4.69, 9.17) is 4.74 Å². The fourth-order valence-electron chi connectivity index (χ4n) is 5.51. The van der Waals surface area contributed by atoms with Crippen molar-refractivity contribution in [3.8, 4) is 0 Å². The molecule has 1 saturated carbocycles. The number of halogens is 1. The number of fused-ring (bicyclic) bond motifs is 1. The number of benzene rings is 2. The number of ketones is 1. The van der Waals surface area contributed by atoms with E-state index >= 15 is 4.39 Å². The largest absolute Gasteiger partial charge is 0.373 e. The number of imidazole rings is 1. The summed E-state index contributed by atoms with van der Waals surface area (Å²) in [7, 11) is 0. The number of aryl methyl sites for hydroxylation is 3. The van der Waals surface area contributed by atoms with Crippen LogP contribution in [0.4, 0.5) is 4.39 Å². The molecule has 0 bridgehead atoms. The minimum atomic E-state index is -0.380. The van der Waals surface area contributed by atoms with E-state index < -0.39 is 0 Å². The maximum absolute atomic E-state index is 16.0. The molecular weight excluding hydrogens is 465 g/mol. The zero-order valence-corrected chi connectivity index (χ0v) is 22.4. The lowest BCUT2D eigenvalue weighted by Gasteiger charge is -2.26. The molecule has 1 aromatic heterocycles. The van der Waals surface area contributed by atoms with Gasteiger partial charge in [-0.1, -0.05) is 30.2 Å². The summed E-state index contributed by atoms with van der Waals surface area (Å²) in [5, 5.41) is 0. The predicted octanol–water partition coefficient (Wildman–Crippen LogP) is 6.26. The molecular formula is C31H40FN3O2. The van der Waals surface area contributed by atoms with E-state index in [2.05, 4.69) is 22.9 Å². The number of aromatic nitrogens is 2. The Bertz CT molecular complexity index is 1240. The first-order chi connectivity index (χ1) is 18.0. The monoisotopic (exact) mass is 505 g/mol. The summed E-state index contributed by atoms with van der Waals surface area (Å²) in [5.74, 6) is 0.0437. The third-order valence-electron chi connectivity index (χ3n) is 7.98. The zero-order chi connectivity index (χ0) is 25.8. The number of ether oxygens (including phenoxy) is 1.